The first-order chi connectivity index (χ1) is 7.78. The third kappa shape index (κ3) is 2.54. The molecule has 16 heavy (non-hydrogen) atoms. The summed E-state index contributed by atoms with van der Waals surface area (Å²) in [6.45, 7) is 3.39. The highest BCUT2D eigenvalue weighted by Gasteiger charge is 2.40. The lowest BCUT2D eigenvalue weighted by Crippen LogP contribution is -2.38. The number of hydrogen-bond donors (Lipinski definition) is 0. The molecule has 0 bridgehead atoms. The Labute approximate surface area is 96.5 Å². The Kier molecular flexibility index (Phi) is 3.80. The summed E-state index contributed by atoms with van der Waals surface area (Å²) in [4.78, 5) is 0. The fourth-order valence-electron chi connectivity index (χ4n) is 2.40. The number of rotatable bonds is 3. The molecule has 0 aromatic heterocycles. The first kappa shape index (κ1) is 11.8. The first-order valence-corrected chi connectivity index (χ1v) is 6.11. The van der Waals surface area contributed by atoms with Gasteiger partial charge in [-0.1, -0.05) is 6.92 Å². The fourth-order valence-corrected chi connectivity index (χ4v) is 2.40. The van der Waals surface area contributed by atoms with E-state index in [0.717, 1.165) is 32.1 Å². The van der Waals surface area contributed by atoms with Crippen LogP contribution in [0, 0.1) is 11.3 Å². The van der Waals surface area contributed by atoms with E-state index in [-0.39, 0.29) is 18.0 Å². The lowest BCUT2D eigenvalue weighted by molar-refractivity contribution is -0.193. The van der Waals surface area contributed by atoms with Crippen LogP contribution in [-0.2, 0) is 14.2 Å². The average Bonchev–Trinajstić information content (AvgIpc) is 2.77. The minimum absolute atomic E-state index is 0.197. The number of nitrogens with zero attached hydrogens (tertiary/aromatic N) is 1. The molecule has 90 valence electrons. The Hall–Kier alpha value is -0.630. The Morgan fingerprint density at radius 1 is 1.38 bits per heavy atom. The van der Waals surface area contributed by atoms with Crippen molar-refractivity contribution in [2.45, 2.75) is 57.0 Å². The quantitative estimate of drug-likeness (QED) is 0.737. The van der Waals surface area contributed by atoms with Crippen LogP contribution in [0.1, 0.15) is 39.0 Å². The van der Waals surface area contributed by atoms with E-state index in [1.54, 1.807) is 0 Å². The van der Waals surface area contributed by atoms with E-state index in [0.29, 0.717) is 13.2 Å². The molecule has 0 aromatic carbocycles. The van der Waals surface area contributed by atoms with E-state index in [1.165, 1.54) is 0 Å². The van der Waals surface area contributed by atoms with Crippen LogP contribution in [0.25, 0.3) is 0 Å². The van der Waals surface area contributed by atoms with Crippen molar-refractivity contribution in [2.24, 2.45) is 0 Å². The van der Waals surface area contributed by atoms with Crippen molar-refractivity contribution in [3.63, 3.8) is 0 Å². The second kappa shape index (κ2) is 5.13. The molecule has 2 fully saturated rings. The highest BCUT2D eigenvalue weighted by molar-refractivity contribution is 4.87. The fraction of sp³-hybridized carbons (Fsp3) is 0.917. The highest BCUT2D eigenvalue weighted by atomic mass is 16.7. The molecule has 1 atom stereocenters. The van der Waals surface area contributed by atoms with Gasteiger partial charge < -0.3 is 14.2 Å². The SMILES string of the molecule is CCC(C#N)OC1CCC2(CC1)OCCO2. The van der Waals surface area contributed by atoms with Gasteiger partial charge in [0.2, 0.25) is 0 Å². The van der Waals surface area contributed by atoms with Crippen LogP contribution in [0.2, 0.25) is 0 Å². The predicted molar refractivity (Wildman–Crippen MR) is 57.7 cm³/mol. The molecule has 1 spiro atoms. The molecule has 1 unspecified atom stereocenters. The van der Waals surface area contributed by atoms with Gasteiger partial charge in [-0.3, -0.25) is 0 Å². The van der Waals surface area contributed by atoms with Crippen LogP contribution < -0.4 is 0 Å². The zero-order chi connectivity index (χ0) is 11.4. The van der Waals surface area contributed by atoms with Gasteiger partial charge in [0.15, 0.2) is 5.79 Å². The van der Waals surface area contributed by atoms with Crippen molar-refractivity contribution >= 4 is 0 Å². The monoisotopic (exact) mass is 225 g/mol. The van der Waals surface area contributed by atoms with Crippen LogP contribution in [0.15, 0.2) is 0 Å². The maximum atomic E-state index is 8.84. The predicted octanol–water partition coefficient (Wildman–Crippen LogP) is 1.99. The maximum Gasteiger partial charge on any atom is 0.168 e. The molecule has 1 saturated heterocycles. The van der Waals surface area contributed by atoms with Crippen molar-refractivity contribution in [1.29, 1.82) is 5.26 Å². The van der Waals surface area contributed by atoms with Gasteiger partial charge in [-0.05, 0) is 19.3 Å². The molecule has 2 aliphatic rings. The van der Waals surface area contributed by atoms with Crippen molar-refractivity contribution in [2.75, 3.05) is 13.2 Å². The summed E-state index contributed by atoms with van der Waals surface area (Å²) in [7, 11) is 0. The lowest BCUT2D eigenvalue weighted by atomic mass is 9.91. The van der Waals surface area contributed by atoms with Gasteiger partial charge in [-0.25, -0.2) is 0 Å². The van der Waals surface area contributed by atoms with E-state index in [1.807, 2.05) is 6.92 Å². The van der Waals surface area contributed by atoms with Gasteiger partial charge in [-0.2, -0.15) is 5.26 Å². The molecule has 4 heteroatoms. The zero-order valence-corrected chi connectivity index (χ0v) is 9.78. The second-order valence-corrected chi connectivity index (χ2v) is 4.47. The molecule has 1 aliphatic carbocycles. The topological polar surface area (TPSA) is 51.5 Å². The molecule has 0 N–H and O–H groups in total. The van der Waals surface area contributed by atoms with Gasteiger partial charge in [0, 0.05) is 12.8 Å². The Balaban J connectivity index is 1.79. The summed E-state index contributed by atoms with van der Waals surface area (Å²) in [5.41, 5.74) is 0. The van der Waals surface area contributed by atoms with Crippen LogP contribution >= 0.6 is 0 Å². The molecule has 0 amide bonds. The standard InChI is InChI=1S/C12H19NO3/c1-2-10(9-13)16-11-3-5-12(6-4-11)14-7-8-15-12/h10-11H,2-8H2,1H3. The Morgan fingerprint density at radius 2 is 2.00 bits per heavy atom. The van der Waals surface area contributed by atoms with Gasteiger partial charge in [0.1, 0.15) is 6.10 Å². The number of ether oxygens (including phenoxy) is 3. The summed E-state index contributed by atoms with van der Waals surface area (Å²) >= 11 is 0. The Morgan fingerprint density at radius 3 is 2.50 bits per heavy atom. The normalized spacial score (nSPS) is 26.8. The number of hydrogen-bond acceptors (Lipinski definition) is 4. The highest BCUT2D eigenvalue weighted by Crippen LogP contribution is 2.36. The van der Waals surface area contributed by atoms with E-state index < -0.39 is 0 Å². The smallest absolute Gasteiger partial charge is 0.168 e. The Bertz CT molecular complexity index is 258. The minimum atomic E-state index is -0.325. The molecule has 1 saturated carbocycles. The van der Waals surface area contributed by atoms with Gasteiger partial charge in [0.05, 0.1) is 25.4 Å². The summed E-state index contributed by atoms with van der Waals surface area (Å²) in [5.74, 6) is -0.325. The average molecular weight is 225 g/mol. The zero-order valence-electron chi connectivity index (χ0n) is 9.78. The molecular weight excluding hydrogens is 206 g/mol. The van der Waals surface area contributed by atoms with Crippen molar-refractivity contribution < 1.29 is 14.2 Å². The van der Waals surface area contributed by atoms with Crippen molar-refractivity contribution in [3.05, 3.63) is 0 Å². The minimum Gasteiger partial charge on any atom is -0.360 e. The molecule has 1 heterocycles. The molecule has 0 aromatic rings. The molecule has 1 aliphatic heterocycles. The van der Waals surface area contributed by atoms with Crippen LogP contribution in [0.4, 0.5) is 0 Å². The van der Waals surface area contributed by atoms with Crippen molar-refractivity contribution in [1.82, 2.24) is 0 Å². The summed E-state index contributed by atoms with van der Waals surface area (Å²) in [5, 5.41) is 8.84. The molecule has 2 rings (SSSR count). The van der Waals surface area contributed by atoms with Crippen LogP contribution in [0.3, 0.4) is 0 Å². The van der Waals surface area contributed by atoms with E-state index in [2.05, 4.69) is 6.07 Å². The maximum absolute atomic E-state index is 8.84. The molecule has 0 radical (unpaired) electrons. The lowest BCUT2D eigenvalue weighted by Gasteiger charge is -2.35. The summed E-state index contributed by atoms with van der Waals surface area (Å²) in [6.07, 6.45) is 4.33. The van der Waals surface area contributed by atoms with Gasteiger partial charge in [-0.15, -0.1) is 0 Å². The largest absolute Gasteiger partial charge is 0.360 e. The summed E-state index contributed by atoms with van der Waals surface area (Å²) < 4.78 is 17.0. The molecular formula is C12H19NO3. The molecule has 4 nitrogen and oxygen atoms in total. The first-order valence-electron chi connectivity index (χ1n) is 6.11. The van der Waals surface area contributed by atoms with E-state index >= 15 is 0 Å². The number of nitriles is 1. The van der Waals surface area contributed by atoms with E-state index in [4.69, 9.17) is 19.5 Å². The third-order valence-electron chi connectivity index (χ3n) is 3.38. The van der Waals surface area contributed by atoms with Crippen LogP contribution in [0.5, 0.6) is 0 Å². The van der Waals surface area contributed by atoms with Crippen molar-refractivity contribution in [3.8, 4) is 6.07 Å². The van der Waals surface area contributed by atoms with Gasteiger partial charge >= 0.3 is 0 Å². The summed E-state index contributed by atoms with van der Waals surface area (Å²) in [6, 6.07) is 2.18. The van der Waals surface area contributed by atoms with Gasteiger partial charge in [0.25, 0.3) is 0 Å². The van der Waals surface area contributed by atoms with Crippen LogP contribution in [-0.4, -0.2) is 31.2 Å². The second-order valence-electron chi connectivity index (χ2n) is 4.47. The van der Waals surface area contributed by atoms with E-state index in [9.17, 15) is 0 Å². The third-order valence-corrected chi connectivity index (χ3v) is 3.38.